The van der Waals surface area contributed by atoms with Crippen LogP contribution in [0.1, 0.15) is 30.0 Å². The van der Waals surface area contributed by atoms with Crippen LogP contribution < -0.4 is 14.8 Å². The van der Waals surface area contributed by atoms with Gasteiger partial charge in [0.05, 0.1) is 12.8 Å². The number of aromatic nitrogens is 1. The Hall–Kier alpha value is -2.01. The van der Waals surface area contributed by atoms with Crippen molar-refractivity contribution in [1.29, 1.82) is 0 Å². The van der Waals surface area contributed by atoms with Gasteiger partial charge in [0.2, 0.25) is 0 Å². The third-order valence-corrected chi connectivity index (χ3v) is 3.40. The highest BCUT2D eigenvalue weighted by molar-refractivity contribution is 5.31. The lowest BCUT2D eigenvalue weighted by Crippen LogP contribution is -2.25. The molecule has 2 rings (SSSR count). The Kier molecular flexibility index (Phi) is 5.22. The lowest BCUT2D eigenvalue weighted by Gasteiger charge is -2.14. The van der Waals surface area contributed by atoms with Crippen LogP contribution in [0.3, 0.4) is 0 Å². The number of rotatable bonds is 7. The predicted molar refractivity (Wildman–Crippen MR) is 80.9 cm³/mol. The number of hydrogen-bond acceptors (Lipinski definition) is 5. The van der Waals surface area contributed by atoms with Crippen LogP contribution in [0.2, 0.25) is 0 Å². The van der Waals surface area contributed by atoms with Crippen LogP contribution in [0, 0.1) is 13.8 Å². The summed E-state index contributed by atoms with van der Waals surface area (Å²) >= 11 is 0. The standard InChI is InChI=1S/C16H22N2O3/c1-11(16-12(2)18-21-13(16)3)17-9-10-20-15-7-5-14(19-4)6-8-15/h5-8,11,17H,9-10H2,1-4H3. The first kappa shape index (κ1) is 15.4. The zero-order valence-corrected chi connectivity index (χ0v) is 13.0. The van der Waals surface area contributed by atoms with Gasteiger partial charge in [-0.1, -0.05) is 5.16 Å². The summed E-state index contributed by atoms with van der Waals surface area (Å²) in [4.78, 5) is 0. The first-order chi connectivity index (χ1) is 10.1. The van der Waals surface area contributed by atoms with Gasteiger partial charge in [0.25, 0.3) is 0 Å². The normalized spacial score (nSPS) is 12.2. The minimum Gasteiger partial charge on any atom is -0.497 e. The molecule has 0 bridgehead atoms. The fraction of sp³-hybridized carbons (Fsp3) is 0.438. The second kappa shape index (κ2) is 7.13. The summed E-state index contributed by atoms with van der Waals surface area (Å²) in [6.45, 7) is 7.33. The Morgan fingerprint density at radius 3 is 2.43 bits per heavy atom. The summed E-state index contributed by atoms with van der Waals surface area (Å²) in [6, 6.07) is 7.76. The number of aryl methyl sites for hydroxylation is 2. The molecule has 0 amide bonds. The van der Waals surface area contributed by atoms with Crippen LogP contribution in [0.15, 0.2) is 28.8 Å². The van der Waals surface area contributed by atoms with Crippen molar-refractivity contribution in [2.24, 2.45) is 0 Å². The molecule has 0 saturated carbocycles. The largest absolute Gasteiger partial charge is 0.497 e. The molecular weight excluding hydrogens is 268 g/mol. The van der Waals surface area contributed by atoms with Crippen molar-refractivity contribution in [1.82, 2.24) is 10.5 Å². The fourth-order valence-electron chi connectivity index (χ4n) is 2.33. The van der Waals surface area contributed by atoms with Crippen molar-refractivity contribution in [2.75, 3.05) is 20.3 Å². The molecule has 0 fully saturated rings. The van der Waals surface area contributed by atoms with Crippen LogP contribution in [-0.2, 0) is 0 Å². The number of ether oxygens (including phenoxy) is 2. The summed E-state index contributed by atoms with van der Waals surface area (Å²) in [5.74, 6) is 2.53. The smallest absolute Gasteiger partial charge is 0.138 e. The van der Waals surface area contributed by atoms with Crippen LogP contribution in [0.25, 0.3) is 0 Å². The van der Waals surface area contributed by atoms with E-state index in [1.165, 1.54) is 0 Å². The Morgan fingerprint density at radius 2 is 1.86 bits per heavy atom. The average molecular weight is 290 g/mol. The first-order valence-electron chi connectivity index (χ1n) is 7.05. The lowest BCUT2D eigenvalue weighted by atomic mass is 10.1. The lowest BCUT2D eigenvalue weighted by molar-refractivity contribution is 0.306. The Morgan fingerprint density at radius 1 is 1.19 bits per heavy atom. The van der Waals surface area contributed by atoms with Gasteiger partial charge in [0.1, 0.15) is 23.9 Å². The number of benzene rings is 1. The maximum Gasteiger partial charge on any atom is 0.138 e. The van der Waals surface area contributed by atoms with E-state index in [1.807, 2.05) is 38.1 Å². The molecule has 1 atom stereocenters. The zero-order chi connectivity index (χ0) is 15.2. The summed E-state index contributed by atoms with van der Waals surface area (Å²) in [6.07, 6.45) is 0. The van der Waals surface area contributed by atoms with Gasteiger partial charge in [-0.15, -0.1) is 0 Å². The molecule has 0 aliphatic carbocycles. The topological polar surface area (TPSA) is 56.5 Å². The highest BCUT2D eigenvalue weighted by Crippen LogP contribution is 2.20. The van der Waals surface area contributed by atoms with Crippen molar-refractivity contribution in [3.05, 3.63) is 41.3 Å². The van der Waals surface area contributed by atoms with Crippen molar-refractivity contribution in [3.8, 4) is 11.5 Å². The molecule has 1 aromatic carbocycles. The second-order valence-corrected chi connectivity index (χ2v) is 4.94. The maximum absolute atomic E-state index is 5.68. The third kappa shape index (κ3) is 3.98. The minimum absolute atomic E-state index is 0.190. The van der Waals surface area contributed by atoms with Crippen molar-refractivity contribution < 1.29 is 14.0 Å². The van der Waals surface area contributed by atoms with Gasteiger partial charge in [-0.25, -0.2) is 0 Å². The molecule has 0 saturated heterocycles. The van der Waals surface area contributed by atoms with Gasteiger partial charge >= 0.3 is 0 Å². The van der Waals surface area contributed by atoms with Crippen molar-refractivity contribution >= 4 is 0 Å². The van der Waals surface area contributed by atoms with E-state index in [1.54, 1.807) is 7.11 Å². The molecule has 0 radical (unpaired) electrons. The van der Waals surface area contributed by atoms with E-state index in [0.29, 0.717) is 6.61 Å². The van der Waals surface area contributed by atoms with Crippen LogP contribution >= 0.6 is 0 Å². The predicted octanol–water partition coefficient (Wildman–Crippen LogP) is 3.03. The maximum atomic E-state index is 5.68. The van der Waals surface area contributed by atoms with E-state index in [-0.39, 0.29) is 6.04 Å². The molecule has 5 heteroatoms. The number of nitrogens with zero attached hydrogens (tertiary/aromatic N) is 1. The average Bonchev–Trinajstić information content (AvgIpc) is 2.83. The van der Waals surface area contributed by atoms with E-state index in [9.17, 15) is 0 Å². The summed E-state index contributed by atoms with van der Waals surface area (Å²) in [5.41, 5.74) is 2.06. The molecule has 1 unspecified atom stereocenters. The van der Waals surface area contributed by atoms with Gasteiger partial charge in [0.15, 0.2) is 0 Å². The summed E-state index contributed by atoms with van der Waals surface area (Å²) < 4.78 is 16.0. The van der Waals surface area contributed by atoms with E-state index in [4.69, 9.17) is 14.0 Å². The van der Waals surface area contributed by atoms with E-state index >= 15 is 0 Å². The number of hydrogen-bond donors (Lipinski definition) is 1. The Balaban J connectivity index is 1.76. The monoisotopic (exact) mass is 290 g/mol. The first-order valence-corrected chi connectivity index (χ1v) is 7.05. The van der Waals surface area contributed by atoms with E-state index < -0.39 is 0 Å². The molecule has 21 heavy (non-hydrogen) atoms. The molecule has 0 spiro atoms. The van der Waals surface area contributed by atoms with Gasteiger partial charge in [-0.3, -0.25) is 0 Å². The number of methoxy groups -OCH3 is 1. The summed E-state index contributed by atoms with van der Waals surface area (Å²) in [7, 11) is 1.65. The van der Waals surface area contributed by atoms with Gasteiger partial charge in [0, 0.05) is 18.2 Å². The molecule has 1 heterocycles. The van der Waals surface area contributed by atoms with E-state index in [2.05, 4.69) is 17.4 Å². The van der Waals surface area contributed by atoms with Crippen LogP contribution in [-0.4, -0.2) is 25.4 Å². The molecule has 0 aliphatic heterocycles. The quantitative estimate of drug-likeness (QED) is 0.794. The molecule has 1 N–H and O–H groups in total. The van der Waals surface area contributed by atoms with E-state index in [0.717, 1.165) is 35.1 Å². The summed E-state index contributed by atoms with van der Waals surface area (Å²) in [5, 5.41) is 7.38. The van der Waals surface area contributed by atoms with Crippen LogP contribution in [0.4, 0.5) is 0 Å². The number of nitrogens with one attached hydrogen (secondary N) is 1. The molecule has 5 nitrogen and oxygen atoms in total. The van der Waals surface area contributed by atoms with Crippen LogP contribution in [0.5, 0.6) is 11.5 Å². The SMILES string of the molecule is COc1ccc(OCCNC(C)c2c(C)noc2C)cc1. The highest BCUT2D eigenvalue weighted by atomic mass is 16.5. The molecular formula is C16H22N2O3. The third-order valence-electron chi connectivity index (χ3n) is 3.40. The second-order valence-electron chi connectivity index (χ2n) is 4.94. The highest BCUT2D eigenvalue weighted by Gasteiger charge is 2.15. The van der Waals surface area contributed by atoms with Gasteiger partial charge in [-0.2, -0.15) is 0 Å². The Bertz CT molecular complexity index is 544. The fourth-order valence-corrected chi connectivity index (χ4v) is 2.33. The molecule has 0 aliphatic rings. The van der Waals surface area contributed by atoms with Gasteiger partial charge < -0.3 is 19.3 Å². The van der Waals surface area contributed by atoms with Crippen molar-refractivity contribution in [2.45, 2.75) is 26.8 Å². The zero-order valence-electron chi connectivity index (χ0n) is 13.0. The molecule has 1 aromatic heterocycles. The van der Waals surface area contributed by atoms with Crippen molar-refractivity contribution in [3.63, 3.8) is 0 Å². The molecule has 114 valence electrons. The molecule has 2 aromatic rings. The van der Waals surface area contributed by atoms with Gasteiger partial charge in [-0.05, 0) is 45.0 Å². The Labute approximate surface area is 125 Å². The minimum atomic E-state index is 0.190.